The molecule has 4 aromatic rings. The van der Waals surface area contributed by atoms with Crippen molar-refractivity contribution in [3.63, 3.8) is 0 Å². The summed E-state index contributed by atoms with van der Waals surface area (Å²) in [5.74, 6) is 0. The van der Waals surface area contributed by atoms with E-state index in [0.29, 0.717) is 10.0 Å². The largest absolute Gasteiger partial charge is 0.256 e. The predicted octanol–water partition coefficient (Wildman–Crippen LogP) is 6.78. The third-order valence-electron chi connectivity index (χ3n) is 4.14. The summed E-state index contributed by atoms with van der Waals surface area (Å²) in [5.41, 5.74) is 5.69. The van der Waals surface area contributed by atoms with E-state index in [0.717, 1.165) is 33.6 Å². The van der Waals surface area contributed by atoms with E-state index in [2.05, 4.69) is 9.97 Å². The Morgan fingerprint density at radius 2 is 0.962 bits per heavy atom. The van der Waals surface area contributed by atoms with Gasteiger partial charge in [-0.05, 0) is 59.7 Å². The smallest absolute Gasteiger partial charge is 0.0708 e. The summed E-state index contributed by atoms with van der Waals surface area (Å²) in [6.45, 7) is 0. The summed E-state index contributed by atoms with van der Waals surface area (Å²) in [7, 11) is 0. The van der Waals surface area contributed by atoms with Crippen molar-refractivity contribution in [1.82, 2.24) is 9.97 Å². The molecule has 0 aliphatic carbocycles. The first-order chi connectivity index (χ1) is 12.7. The molecule has 0 fully saturated rings. The van der Waals surface area contributed by atoms with Crippen molar-refractivity contribution in [3.8, 4) is 33.6 Å². The van der Waals surface area contributed by atoms with Crippen LogP contribution in [-0.2, 0) is 0 Å². The maximum atomic E-state index is 6.32. The van der Waals surface area contributed by atoms with Gasteiger partial charge in [0.1, 0.15) is 0 Å². The lowest BCUT2D eigenvalue weighted by atomic mass is 9.92. The average molecular weight is 377 g/mol. The molecule has 0 saturated heterocycles. The third kappa shape index (κ3) is 3.34. The van der Waals surface area contributed by atoms with Gasteiger partial charge in [0.15, 0.2) is 0 Å². The highest BCUT2D eigenvalue weighted by Crippen LogP contribution is 2.39. The van der Waals surface area contributed by atoms with Crippen LogP contribution in [0.15, 0.2) is 85.2 Å². The van der Waals surface area contributed by atoms with Crippen molar-refractivity contribution >= 4 is 23.2 Å². The molecule has 4 heteroatoms. The van der Waals surface area contributed by atoms with E-state index >= 15 is 0 Å². The standard InChI is InChI=1S/C22H14Cl2N2/c23-15-7-9-17(21-5-1-3-11-25-21)19(13-15)20-14-16(24)8-10-18(20)22-6-2-4-12-26-22/h1-14H. The van der Waals surface area contributed by atoms with Gasteiger partial charge in [0, 0.05) is 33.6 Å². The van der Waals surface area contributed by atoms with Crippen LogP contribution in [0.25, 0.3) is 33.6 Å². The summed E-state index contributed by atoms with van der Waals surface area (Å²) in [4.78, 5) is 9.00. The molecule has 0 spiro atoms. The molecular formula is C22H14Cl2N2. The van der Waals surface area contributed by atoms with Crippen LogP contribution in [0.3, 0.4) is 0 Å². The number of pyridine rings is 2. The highest BCUT2D eigenvalue weighted by molar-refractivity contribution is 6.32. The fourth-order valence-corrected chi connectivity index (χ4v) is 3.31. The number of aromatic nitrogens is 2. The summed E-state index contributed by atoms with van der Waals surface area (Å²) in [5, 5.41) is 1.32. The third-order valence-corrected chi connectivity index (χ3v) is 4.61. The van der Waals surface area contributed by atoms with Crippen LogP contribution in [0.1, 0.15) is 0 Å². The second-order valence-corrected chi connectivity index (χ2v) is 6.68. The van der Waals surface area contributed by atoms with Gasteiger partial charge in [-0.1, -0.05) is 47.5 Å². The van der Waals surface area contributed by atoms with Crippen LogP contribution in [0, 0.1) is 0 Å². The number of nitrogens with zero attached hydrogens (tertiary/aromatic N) is 2. The fraction of sp³-hybridized carbons (Fsp3) is 0. The molecule has 2 nitrogen and oxygen atoms in total. The lowest BCUT2D eigenvalue weighted by Gasteiger charge is -2.15. The van der Waals surface area contributed by atoms with Crippen LogP contribution in [0.5, 0.6) is 0 Å². The van der Waals surface area contributed by atoms with E-state index in [1.807, 2.05) is 72.8 Å². The fourth-order valence-electron chi connectivity index (χ4n) is 2.97. The second-order valence-electron chi connectivity index (χ2n) is 5.81. The summed E-state index contributed by atoms with van der Waals surface area (Å²) < 4.78 is 0. The molecule has 26 heavy (non-hydrogen) atoms. The molecule has 2 aromatic heterocycles. The van der Waals surface area contributed by atoms with Crippen LogP contribution in [0.2, 0.25) is 10.0 Å². The Kier molecular flexibility index (Phi) is 4.70. The molecule has 0 saturated carbocycles. The number of halogens is 2. The molecule has 0 aliphatic rings. The Bertz CT molecular complexity index is 961. The second kappa shape index (κ2) is 7.28. The minimum atomic E-state index is 0.659. The van der Waals surface area contributed by atoms with Gasteiger partial charge in [0.25, 0.3) is 0 Å². The van der Waals surface area contributed by atoms with Gasteiger partial charge in [-0.15, -0.1) is 0 Å². The quantitative estimate of drug-likeness (QED) is 0.393. The van der Waals surface area contributed by atoms with Gasteiger partial charge in [-0.2, -0.15) is 0 Å². The molecule has 0 aliphatic heterocycles. The zero-order valence-corrected chi connectivity index (χ0v) is 15.2. The summed E-state index contributed by atoms with van der Waals surface area (Å²) in [6.07, 6.45) is 3.57. The Labute approximate surface area is 162 Å². The Balaban J connectivity index is 2.00. The van der Waals surface area contributed by atoms with Gasteiger partial charge in [0.2, 0.25) is 0 Å². The molecule has 2 heterocycles. The minimum absolute atomic E-state index is 0.659. The van der Waals surface area contributed by atoms with Crippen molar-refractivity contribution in [2.75, 3.05) is 0 Å². The first-order valence-electron chi connectivity index (χ1n) is 8.14. The molecule has 0 radical (unpaired) electrons. The average Bonchev–Trinajstić information content (AvgIpc) is 2.69. The molecule has 0 unspecified atom stereocenters. The van der Waals surface area contributed by atoms with E-state index in [9.17, 15) is 0 Å². The molecular weight excluding hydrogens is 363 g/mol. The van der Waals surface area contributed by atoms with Crippen LogP contribution in [0.4, 0.5) is 0 Å². The van der Waals surface area contributed by atoms with E-state index in [4.69, 9.17) is 23.2 Å². The first kappa shape index (κ1) is 16.8. The van der Waals surface area contributed by atoms with Crippen molar-refractivity contribution in [1.29, 1.82) is 0 Å². The Morgan fingerprint density at radius 1 is 0.500 bits per heavy atom. The monoisotopic (exact) mass is 376 g/mol. The van der Waals surface area contributed by atoms with Crippen LogP contribution >= 0.6 is 23.2 Å². The van der Waals surface area contributed by atoms with Crippen molar-refractivity contribution in [3.05, 3.63) is 95.2 Å². The number of benzene rings is 2. The zero-order valence-electron chi connectivity index (χ0n) is 13.7. The van der Waals surface area contributed by atoms with Gasteiger partial charge < -0.3 is 0 Å². The first-order valence-corrected chi connectivity index (χ1v) is 8.90. The molecule has 126 valence electrons. The van der Waals surface area contributed by atoms with Gasteiger partial charge in [-0.3, -0.25) is 9.97 Å². The lowest BCUT2D eigenvalue weighted by Crippen LogP contribution is -1.92. The Hall–Kier alpha value is -2.68. The van der Waals surface area contributed by atoms with E-state index in [-0.39, 0.29) is 0 Å². The number of rotatable bonds is 3. The Morgan fingerprint density at radius 3 is 1.35 bits per heavy atom. The SMILES string of the molecule is Clc1ccc(-c2ccccn2)c(-c2cc(Cl)ccc2-c2ccccn2)c1. The van der Waals surface area contributed by atoms with E-state index in [1.54, 1.807) is 12.4 Å². The van der Waals surface area contributed by atoms with Crippen molar-refractivity contribution < 1.29 is 0 Å². The maximum Gasteiger partial charge on any atom is 0.0708 e. The van der Waals surface area contributed by atoms with E-state index in [1.165, 1.54) is 0 Å². The van der Waals surface area contributed by atoms with E-state index < -0.39 is 0 Å². The predicted molar refractivity (Wildman–Crippen MR) is 108 cm³/mol. The van der Waals surface area contributed by atoms with Gasteiger partial charge in [0.05, 0.1) is 11.4 Å². The van der Waals surface area contributed by atoms with Gasteiger partial charge >= 0.3 is 0 Å². The molecule has 0 N–H and O–H groups in total. The normalized spacial score (nSPS) is 10.7. The van der Waals surface area contributed by atoms with Crippen molar-refractivity contribution in [2.45, 2.75) is 0 Å². The van der Waals surface area contributed by atoms with Gasteiger partial charge in [-0.25, -0.2) is 0 Å². The maximum absolute atomic E-state index is 6.32. The highest BCUT2D eigenvalue weighted by Gasteiger charge is 2.15. The molecule has 0 amide bonds. The molecule has 0 atom stereocenters. The topological polar surface area (TPSA) is 25.8 Å². The van der Waals surface area contributed by atoms with Crippen LogP contribution < -0.4 is 0 Å². The van der Waals surface area contributed by atoms with Crippen molar-refractivity contribution in [2.24, 2.45) is 0 Å². The summed E-state index contributed by atoms with van der Waals surface area (Å²) >= 11 is 12.6. The minimum Gasteiger partial charge on any atom is -0.256 e. The molecule has 4 rings (SSSR count). The zero-order chi connectivity index (χ0) is 17.9. The lowest BCUT2D eigenvalue weighted by molar-refractivity contribution is 1.32. The van der Waals surface area contributed by atoms with Crippen LogP contribution in [-0.4, -0.2) is 9.97 Å². The summed E-state index contributed by atoms with van der Waals surface area (Å²) in [6, 6.07) is 23.3. The number of hydrogen-bond acceptors (Lipinski definition) is 2. The highest BCUT2D eigenvalue weighted by atomic mass is 35.5. The molecule has 2 aromatic carbocycles. The number of hydrogen-bond donors (Lipinski definition) is 0. The molecule has 0 bridgehead atoms.